The van der Waals surface area contributed by atoms with E-state index in [0.29, 0.717) is 0 Å². The minimum atomic E-state index is -0.119. The highest BCUT2D eigenvalue weighted by atomic mass is 79.9. The number of nitrogens with two attached hydrogens (primary N) is 1. The van der Waals surface area contributed by atoms with E-state index in [-0.39, 0.29) is 11.5 Å². The summed E-state index contributed by atoms with van der Waals surface area (Å²) >= 11 is 7.06. The highest BCUT2D eigenvalue weighted by Gasteiger charge is 2.19. The van der Waals surface area contributed by atoms with Crippen LogP contribution in [0.3, 0.4) is 0 Å². The van der Waals surface area contributed by atoms with Gasteiger partial charge < -0.3 is 5.73 Å². The number of rotatable bonds is 4. The van der Waals surface area contributed by atoms with E-state index in [1.54, 1.807) is 0 Å². The van der Waals surface area contributed by atoms with Gasteiger partial charge in [0.05, 0.1) is 6.04 Å². The van der Waals surface area contributed by atoms with Crippen molar-refractivity contribution in [3.63, 3.8) is 0 Å². The van der Waals surface area contributed by atoms with Gasteiger partial charge in [-0.25, -0.2) is 0 Å². The molecule has 0 aliphatic heterocycles. The molecule has 0 saturated carbocycles. The van der Waals surface area contributed by atoms with Crippen LogP contribution in [0.15, 0.2) is 51.4 Å². The van der Waals surface area contributed by atoms with Gasteiger partial charge in [0.25, 0.3) is 0 Å². The quantitative estimate of drug-likeness (QED) is 0.662. The molecule has 0 spiro atoms. The molecule has 1 atom stereocenters. The van der Waals surface area contributed by atoms with Gasteiger partial charge in [-0.1, -0.05) is 83.0 Å². The molecule has 2 aromatic rings. The van der Waals surface area contributed by atoms with Crippen molar-refractivity contribution in [2.24, 2.45) is 5.73 Å². The molecule has 0 fully saturated rings. The average molecular weight is 411 g/mol. The summed E-state index contributed by atoms with van der Waals surface area (Å²) in [7, 11) is 0. The van der Waals surface area contributed by atoms with E-state index in [1.165, 1.54) is 5.56 Å². The van der Waals surface area contributed by atoms with Gasteiger partial charge >= 0.3 is 0 Å². The standard InChI is InChI=1S/C18H21Br2N/c1-4-18(2,3)13-7-5-12(6-8-13)17(21)15-10-9-14(19)11-16(15)20/h5-11,17H,4,21H2,1-3H3. The predicted octanol–water partition coefficient (Wildman–Crippen LogP) is 5.95. The van der Waals surface area contributed by atoms with Crippen LogP contribution in [0.1, 0.15) is 49.9 Å². The molecule has 2 aromatic carbocycles. The molecule has 1 unspecified atom stereocenters. The third kappa shape index (κ3) is 3.77. The van der Waals surface area contributed by atoms with Crippen LogP contribution in [0.4, 0.5) is 0 Å². The molecule has 0 aliphatic rings. The van der Waals surface area contributed by atoms with Gasteiger partial charge in [-0.2, -0.15) is 0 Å². The fourth-order valence-corrected chi connectivity index (χ4v) is 3.57. The van der Waals surface area contributed by atoms with Crippen molar-refractivity contribution in [2.75, 3.05) is 0 Å². The number of hydrogen-bond donors (Lipinski definition) is 1. The second-order valence-corrected chi connectivity index (χ2v) is 7.77. The fraction of sp³-hybridized carbons (Fsp3) is 0.333. The second kappa shape index (κ2) is 6.64. The van der Waals surface area contributed by atoms with Crippen molar-refractivity contribution in [1.82, 2.24) is 0 Å². The van der Waals surface area contributed by atoms with Crippen molar-refractivity contribution >= 4 is 31.9 Å². The van der Waals surface area contributed by atoms with Crippen molar-refractivity contribution in [2.45, 2.75) is 38.6 Å². The second-order valence-electron chi connectivity index (χ2n) is 6.00. The van der Waals surface area contributed by atoms with Crippen LogP contribution in [-0.2, 0) is 5.41 Å². The summed E-state index contributed by atoms with van der Waals surface area (Å²) in [6.07, 6.45) is 1.12. The molecule has 0 amide bonds. The van der Waals surface area contributed by atoms with Crippen LogP contribution >= 0.6 is 31.9 Å². The Morgan fingerprint density at radius 3 is 2.19 bits per heavy atom. The molecule has 112 valence electrons. The van der Waals surface area contributed by atoms with Crippen molar-refractivity contribution < 1.29 is 0 Å². The first-order valence-corrected chi connectivity index (χ1v) is 8.74. The monoisotopic (exact) mass is 409 g/mol. The SMILES string of the molecule is CCC(C)(C)c1ccc(C(N)c2ccc(Br)cc2Br)cc1. The Labute approximate surface area is 144 Å². The molecular weight excluding hydrogens is 390 g/mol. The van der Waals surface area contributed by atoms with E-state index in [4.69, 9.17) is 5.73 Å². The summed E-state index contributed by atoms with van der Waals surface area (Å²) < 4.78 is 2.08. The fourth-order valence-electron chi connectivity index (χ4n) is 2.28. The topological polar surface area (TPSA) is 26.0 Å². The lowest BCUT2D eigenvalue weighted by molar-refractivity contribution is 0.506. The van der Waals surface area contributed by atoms with Gasteiger partial charge in [-0.05, 0) is 40.7 Å². The third-order valence-corrected chi connectivity index (χ3v) is 5.41. The molecule has 3 heteroatoms. The maximum atomic E-state index is 6.41. The zero-order valence-corrected chi connectivity index (χ0v) is 15.8. The van der Waals surface area contributed by atoms with E-state index in [2.05, 4.69) is 83.0 Å². The smallest absolute Gasteiger partial charge is 0.0562 e. The maximum Gasteiger partial charge on any atom is 0.0562 e. The molecule has 0 saturated heterocycles. The number of halogens is 2. The van der Waals surface area contributed by atoms with Crippen LogP contribution in [0.2, 0.25) is 0 Å². The third-order valence-electron chi connectivity index (χ3n) is 4.23. The summed E-state index contributed by atoms with van der Waals surface area (Å²) in [5.74, 6) is 0. The molecule has 2 N–H and O–H groups in total. The van der Waals surface area contributed by atoms with Gasteiger partial charge in [-0.15, -0.1) is 0 Å². The largest absolute Gasteiger partial charge is 0.320 e. The number of hydrogen-bond acceptors (Lipinski definition) is 1. The van der Waals surface area contributed by atoms with Crippen LogP contribution in [-0.4, -0.2) is 0 Å². The van der Waals surface area contributed by atoms with Gasteiger partial charge in [0.1, 0.15) is 0 Å². The molecule has 0 bridgehead atoms. The minimum Gasteiger partial charge on any atom is -0.320 e. The summed E-state index contributed by atoms with van der Waals surface area (Å²) in [6.45, 7) is 6.76. The Morgan fingerprint density at radius 1 is 1.05 bits per heavy atom. The van der Waals surface area contributed by atoms with Gasteiger partial charge in [0.15, 0.2) is 0 Å². The molecular formula is C18H21Br2N. The van der Waals surface area contributed by atoms with Crippen molar-refractivity contribution in [3.05, 3.63) is 68.1 Å². The van der Waals surface area contributed by atoms with Crippen LogP contribution < -0.4 is 5.73 Å². The molecule has 0 heterocycles. The lowest BCUT2D eigenvalue weighted by Crippen LogP contribution is -2.16. The van der Waals surface area contributed by atoms with Gasteiger partial charge in [-0.3, -0.25) is 0 Å². The Bertz CT molecular complexity index is 618. The zero-order valence-electron chi connectivity index (χ0n) is 12.7. The Hall–Kier alpha value is -0.640. The normalized spacial score (nSPS) is 13.2. The maximum absolute atomic E-state index is 6.41. The highest BCUT2D eigenvalue weighted by Crippen LogP contribution is 2.31. The van der Waals surface area contributed by atoms with Gasteiger partial charge in [0, 0.05) is 8.95 Å². The minimum absolute atomic E-state index is 0.119. The average Bonchev–Trinajstić information content (AvgIpc) is 2.47. The van der Waals surface area contributed by atoms with Crippen LogP contribution in [0, 0.1) is 0 Å². The first-order chi connectivity index (χ1) is 9.85. The Balaban J connectivity index is 2.30. The summed E-state index contributed by atoms with van der Waals surface area (Å²) in [5.41, 5.74) is 10.2. The van der Waals surface area contributed by atoms with E-state index in [9.17, 15) is 0 Å². The van der Waals surface area contributed by atoms with E-state index in [1.807, 2.05) is 12.1 Å². The Kier molecular flexibility index (Phi) is 5.29. The van der Waals surface area contributed by atoms with Crippen molar-refractivity contribution in [3.8, 4) is 0 Å². The van der Waals surface area contributed by atoms with Crippen LogP contribution in [0.25, 0.3) is 0 Å². The van der Waals surface area contributed by atoms with E-state index < -0.39 is 0 Å². The lowest BCUT2D eigenvalue weighted by atomic mass is 9.81. The number of benzene rings is 2. The molecule has 21 heavy (non-hydrogen) atoms. The van der Waals surface area contributed by atoms with Crippen LogP contribution in [0.5, 0.6) is 0 Å². The lowest BCUT2D eigenvalue weighted by Gasteiger charge is -2.24. The molecule has 1 nitrogen and oxygen atoms in total. The van der Waals surface area contributed by atoms with E-state index in [0.717, 1.165) is 26.5 Å². The Morgan fingerprint density at radius 2 is 1.67 bits per heavy atom. The van der Waals surface area contributed by atoms with Gasteiger partial charge in [0.2, 0.25) is 0 Å². The first kappa shape index (κ1) is 16.7. The zero-order chi connectivity index (χ0) is 15.6. The summed E-state index contributed by atoms with van der Waals surface area (Å²) in [6, 6.07) is 14.7. The van der Waals surface area contributed by atoms with Crippen molar-refractivity contribution in [1.29, 1.82) is 0 Å². The first-order valence-electron chi connectivity index (χ1n) is 7.16. The molecule has 0 aliphatic carbocycles. The summed E-state index contributed by atoms with van der Waals surface area (Å²) in [4.78, 5) is 0. The predicted molar refractivity (Wildman–Crippen MR) is 97.6 cm³/mol. The van der Waals surface area contributed by atoms with E-state index >= 15 is 0 Å². The molecule has 0 radical (unpaired) electrons. The highest BCUT2D eigenvalue weighted by molar-refractivity contribution is 9.11. The summed E-state index contributed by atoms with van der Waals surface area (Å²) in [5, 5.41) is 0. The molecule has 2 rings (SSSR count). The molecule has 0 aromatic heterocycles.